The molecule has 1 nitrogen and oxygen atoms in total. The minimum Gasteiger partial charge on any atom is -0.289 e. The average molecular weight is 181 g/mol. The first-order chi connectivity index (χ1) is 5.65. The van der Waals surface area contributed by atoms with Gasteiger partial charge in [0.05, 0.1) is 0 Å². The topological polar surface area (TPSA) is 17.1 Å². The van der Waals surface area contributed by atoms with Crippen molar-refractivity contribution >= 4 is 17.4 Å². The van der Waals surface area contributed by atoms with Crippen LogP contribution < -0.4 is 0 Å². The van der Waals surface area contributed by atoms with Crippen LogP contribution in [0.4, 0.5) is 0 Å². The van der Waals surface area contributed by atoms with E-state index in [1.54, 1.807) is 18.2 Å². The third-order valence-corrected chi connectivity index (χ3v) is 1.87. The highest BCUT2D eigenvalue weighted by Crippen LogP contribution is 2.15. The Morgan fingerprint density at radius 1 is 1.58 bits per heavy atom. The summed E-state index contributed by atoms with van der Waals surface area (Å²) in [4.78, 5) is 11.2. The molecule has 0 amide bonds. The zero-order valence-electron chi connectivity index (χ0n) is 6.80. The Kier molecular flexibility index (Phi) is 2.66. The van der Waals surface area contributed by atoms with Gasteiger partial charge >= 0.3 is 0 Å². The van der Waals surface area contributed by atoms with Crippen molar-refractivity contribution in [2.24, 2.45) is 0 Å². The smallest absolute Gasteiger partial charge is 0.185 e. The zero-order valence-corrected chi connectivity index (χ0v) is 7.56. The van der Waals surface area contributed by atoms with Crippen molar-refractivity contribution in [3.05, 3.63) is 47.0 Å². The van der Waals surface area contributed by atoms with Gasteiger partial charge in [-0.15, -0.1) is 0 Å². The Morgan fingerprint density at radius 2 is 2.25 bits per heavy atom. The van der Waals surface area contributed by atoms with Crippen molar-refractivity contribution in [1.29, 1.82) is 0 Å². The quantitative estimate of drug-likeness (QED) is 0.505. The predicted octanol–water partition coefficient (Wildman–Crippen LogP) is 3.02. The molecule has 0 aliphatic carbocycles. The standard InChI is InChI=1S/C10H9ClO/c1-3-10(12)9-5-4-8(11)6-7(9)2/h3-6H,1H2,2H3. The van der Waals surface area contributed by atoms with E-state index in [-0.39, 0.29) is 5.78 Å². The number of benzene rings is 1. The molecule has 0 saturated carbocycles. The number of carbonyl (C=O) groups excluding carboxylic acids is 1. The van der Waals surface area contributed by atoms with Crippen molar-refractivity contribution in [2.45, 2.75) is 6.92 Å². The molecule has 0 unspecified atom stereocenters. The average Bonchev–Trinajstić information content (AvgIpc) is 2.03. The van der Waals surface area contributed by atoms with Gasteiger partial charge in [-0.1, -0.05) is 18.2 Å². The summed E-state index contributed by atoms with van der Waals surface area (Å²) in [5.74, 6) is -0.0656. The zero-order chi connectivity index (χ0) is 9.14. The molecule has 1 aromatic rings. The van der Waals surface area contributed by atoms with E-state index in [4.69, 9.17) is 11.6 Å². The molecule has 0 aliphatic rings. The van der Waals surface area contributed by atoms with E-state index in [1.807, 2.05) is 6.92 Å². The Morgan fingerprint density at radius 3 is 2.75 bits per heavy atom. The number of rotatable bonds is 2. The van der Waals surface area contributed by atoms with Crippen molar-refractivity contribution < 1.29 is 4.79 Å². The van der Waals surface area contributed by atoms with Crippen molar-refractivity contribution in [3.63, 3.8) is 0 Å². The number of allylic oxidation sites excluding steroid dienone is 1. The molecule has 0 spiro atoms. The van der Waals surface area contributed by atoms with Crippen molar-refractivity contribution in [3.8, 4) is 0 Å². The van der Waals surface area contributed by atoms with E-state index in [9.17, 15) is 4.79 Å². The van der Waals surface area contributed by atoms with Crippen LogP contribution >= 0.6 is 11.6 Å². The van der Waals surface area contributed by atoms with Crippen LogP contribution in [0.3, 0.4) is 0 Å². The van der Waals surface area contributed by atoms with E-state index >= 15 is 0 Å². The van der Waals surface area contributed by atoms with E-state index < -0.39 is 0 Å². The van der Waals surface area contributed by atoms with Crippen LogP contribution in [-0.4, -0.2) is 5.78 Å². The molecule has 0 atom stereocenters. The highest BCUT2D eigenvalue weighted by molar-refractivity contribution is 6.30. The van der Waals surface area contributed by atoms with Crippen LogP contribution in [-0.2, 0) is 0 Å². The van der Waals surface area contributed by atoms with Crippen molar-refractivity contribution in [1.82, 2.24) is 0 Å². The first-order valence-electron chi connectivity index (χ1n) is 3.58. The second-order valence-electron chi connectivity index (χ2n) is 2.53. The molecule has 0 N–H and O–H groups in total. The van der Waals surface area contributed by atoms with Gasteiger partial charge in [0.2, 0.25) is 0 Å². The van der Waals surface area contributed by atoms with Gasteiger partial charge in [0.25, 0.3) is 0 Å². The second-order valence-corrected chi connectivity index (χ2v) is 2.96. The van der Waals surface area contributed by atoms with E-state index in [0.29, 0.717) is 10.6 Å². The first-order valence-corrected chi connectivity index (χ1v) is 3.96. The lowest BCUT2D eigenvalue weighted by Crippen LogP contribution is -1.96. The van der Waals surface area contributed by atoms with Crippen LogP contribution in [0.2, 0.25) is 5.02 Å². The summed E-state index contributed by atoms with van der Waals surface area (Å²) < 4.78 is 0. The minimum absolute atomic E-state index is 0.0656. The number of ketones is 1. The second kappa shape index (κ2) is 3.55. The number of hydrogen-bond acceptors (Lipinski definition) is 1. The largest absolute Gasteiger partial charge is 0.289 e. The van der Waals surface area contributed by atoms with Gasteiger partial charge in [-0.25, -0.2) is 0 Å². The molecule has 0 saturated heterocycles. The Hall–Kier alpha value is -1.08. The van der Waals surface area contributed by atoms with Gasteiger partial charge in [0.15, 0.2) is 5.78 Å². The third-order valence-electron chi connectivity index (χ3n) is 1.64. The Bertz CT molecular complexity index is 329. The summed E-state index contributed by atoms with van der Waals surface area (Å²) in [5, 5.41) is 0.646. The lowest BCUT2D eigenvalue weighted by atomic mass is 10.1. The van der Waals surface area contributed by atoms with Gasteiger partial charge in [-0.2, -0.15) is 0 Å². The molecule has 0 fully saturated rings. The maximum atomic E-state index is 11.2. The summed E-state index contributed by atoms with van der Waals surface area (Å²) in [6, 6.07) is 5.17. The van der Waals surface area contributed by atoms with E-state index in [1.165, 1.54) is 6.08 Å². The lowest BCUT2D eigenvalue weighted by Gasteiger charge is -2.00. The van der Waals surface area contributed by atoms with Gasteiger partial charge < -0.3 is 0 Å². The minimum atomic E-state index is -0.0656. The van der Waals surface area contributed by atoms with Crippen LogP contribution in [0.1, 0.15) is 15.9 Å². The summed E-state index contributed by atoms with van der Waals surface area (Å²) in [6.45, 7) is 5.27. The normalized spacial score (nSPS) is 9.50. The number of aryl methyl sites for hydroxylation is 1. The number of hydrogen-bond donors (Lipinski definition) is 0. The lowest BCUT2D eigenvalue weighted by molar-refractivity contribution is 0.104. The fourth-order valence-electron chi connectivity index (χ4n) is 1.01. The molecule has 0 radical (unpaired) electrons. The molecule has 0 aliphatic heterocycles. The molecule has 1 aromatic carbocycles. The molecule has 12 heavy (non-hydrogen) atoms. The van der Waals surface area contributed by atoms with Crippen LogP contribution in [0.15, 0.2) is 30.9 Å². The molecule has 0 heterocycles. The molecule has 0 bridgehead atoms. The first kappa shape index (κ1) is 9.01. The third kappa shape index (κ3) is 1.74. The van der Waals surface area contributed by atoms with Crippen LogP contribution in [0.25, 0.3) is 0 Å². The predicted molar refractivity (Wildman–Crippen MR) is 50.7 cm³/mol. The molecule has 2 heteroatoms. The van der Waals surface area contributed by atoms with Gasteiger partial charge in [-0.05, 0) is 36.8 Å². The molecular weight excluding hydrogens is 172 g/mol. The summed E-state index contributed by atoms with van der Waals surface area (Å²) >= 11 is 5.73. The fraction of sp³-hybridized carbons (Fsp3) is 0.100. The summed E-state index contributed by atoms with van der Waals surface area (Å²) in [7, 11) is 0. The maximum Gasteiger partial charge on any atom is 0.185 e. The highest BCUT2D eigenvalue weighted by Gasteiger charge is 2.04. The molecule has 0 aromatic heterocycles. The fourth-order valence-corrected chi connectivity index (χ4v) is 1.24. The van der Waals surface area contributed by atoms with Gasteiger partial charge in [0.1, 0.15) is 0 Å². The highest BCUT2D eigenvalue weighted by atomic mass is 35.5. The summed E-state index contributed by atoms with van der Waals surface area (Å²) in [5.41, 5.74) is 1.54. The van der Waals surface area contributed by atoms with E-state index in [0.717, 1.165) is 5.56 Å². The monoisotopic (exact) mass is 180 g/mol. The van der Waals surface area contributed by atoms with Gasteiger partial charge in [0, 0.05) is 10.6 Å². The van der Waals surface area contributed by atoms with Crippen LogP contribution in [0.5, 0.6) is 0 Å². The van der Waals surface area contributed by atoms with Crippen LogP contribution in [0, 0.1) is 6.92 Å². The van der Waals surface area contributed by atoms with Gasteiger partial charge in [-0.3, -0.25) is 4.79 Å². The number of carbonyl (C=O) groups is 1. The summed E-state index contributed by atoms with van der Waals surface area (Å²) in [6.07, 6.45) is 1.30. The Balaban J connectivity index is 3.18. The SMILES string of the molecule is C=CC(=O)c1ccc(Cl)cc1C. The number of halogens is 1. The van der Waals surface area contributed by atoms with Crippen molar-refractivity contribution in [2.75, 3.05) is 0 Å². The molecule has 1 rings (SSSR count). The Labute approximate surface area is 76.7 Å². The van der Waals surface area contributed by atoms with E-state index in [2.05, 4.69) is 6.58 Å². The molecular formula is C10H9ClO. The molecule has 62 valence electrons. The maximum absolute atomic E-state index is 11.2.